The van der Waals surface area contributed by atoms with Crippen LogP contribution in [0.2, 0.25) is 0 Å². The fourth-order valence-electron chi connectivity index (χ4n) is 4.13. The van der Waals surface area contributed by atoms with Crippen LogP contribution >= 0.6 is 0 Å². The molecule has 0 radical (unpaired) electrons. The second kappa shape index (κ2) is 7.31. The molecule has 4 heterocycles. The Morgan fingerprint density at radius 1 is 1.31 bits per heavy atom. The second-order valence-corrected chi connectivity index (χ2v) is 7.64. The number of carbonyl (C=O) groups is 2. The van der Waals surface area contributed by atoms with Crippen molar-refractivity contribution in [1.82, 2.24) is 19.9 Å². The number of piperidine rings is 1. The first kappa shape index (κ1) is 19.7. The van der Waals surface area contributed by atoms with Crippen molar-refractivity contribution in [2.45, 2.75) is 44.7 Å². The van der Waals surface area contributed by atoms with Crippen LogP contribution in [0, 0.1) is 6.92 Å². The second-order valence-electron chi connectivity index (χ2n) is 7.64. The van der Waals surface area contributed by atoms with Gasteiger partial charge in [-0.05, 0) is 32.3 Å². The topological polar surface area (TPSA) is 79.5 Å². The minimum Gasteiger partial charge on any atom is -0.340 e. The van der Waals surface area contributed by atoms with E-state index in [2.05, 4.69) is 10.1 Å². The van der Waals surface area contributed by atoms with Crippen molar-refractivity contribution in [3.63, 3.8) is 0 Å². The van der Waals surface area contributed by atoms with Crippen molar-refractivity contribution < 1.29 is 27.3 Å². The molecule has 2 amide bonds. The third-order valence-electron chi connectivity index (χ3n) is 5.63. The number of halogens is 3. The normalized spacial score (nSPS) is 20.7. The molecule has 0 unspecified atom stereocenters. The smallest absolute Gasteiger partial charge is 0.340 e. The number of likely N-dealkylation sites (tertiary alicyclic amines) is 2. The number of hydrogen-bond donors (Lipinski definition) is 0. The molecule has 2 fully saturated rings. The van der Waals surface area contributed by atoms with E-state index < -0.39 is 11.7 Å². The zero-order valence-electron chi connectivity index (χ0n) is 16.0. The van der Waals surface area contributed by atoms with Gasteiger partial charge in [-0.25, -0.2) is 4.98 Å². The number of aromatic nitrogens is 2. The maximum Gasteiger partial charge on any atom is 0.417 e. The minimum atomic E-state index is -4.56. The molecule has 2 aromatic heterocycles. The first-order valence-electron chi connectivity index (χ1n) is 9.63. The Hall–Kier alpha value is -2.65. The number of alkyl halides is 3. The molecule has 0 bridgehead atoms. The lowest BCUT2D eigenvalue weighted by Crippen LogP contribution is -2.45. The fraction of sp³-hybridized carbons (Fsp3) is 0.579. The van der Waals surface area contributed by atoms with Gasteiger partial charge < -0.3 is 14.3 Å². The number of aryl methyl sites for hydroxylation is 1. The molecular weight excluding hydrogens is 389 g/mol. The van der Waals surface area contributed by atoms with Crippen LogP contribution in [0.15, 0.2) is 10.6 Å². The van der Waals surface area contributed by atoms with E-state index in [1.807, 2.05) is 0 Å². The van der Waals surface area contributed by atoms with Crippen LogP contribution in [0.5, 0.6) is 0 Å². The highest BCUT2D eigenvalue weighted by Crippen LogP contribution is 2.38. The SMILES string of the molecule is Cc1noc2nc([C@@H]3CCCN(C(=O)CN4CCCC4=O)C3)cc(C(F)(F)F)c12. The van der Waals surface area contributed by atoms with Crippen molar-refractivity contribution in [3.05, 3.63) is 23.0 Å². The van der Waals surface area contributed by atoms with E-state index in [4.69, 9.17) is 4.52 Å². The summed E-state index contributed by atoms with van der Waals surface area (Å²) >= 11 is 0. The lowest BCUT2D eigenvalue weighted by Gasteiger charge is -2.33. The molecule has 0 N–H and O–H groups in total. The lowest BCUT2D eigenvalue weighted by molar-refractivity contribution is -0.139. The average molecular weight is 410 g/mol. The van der Waals surface area contributed by atoms with Crippen LogP contribution < -0.4 is 0 Å². The molecule has 1 atom stereocenters. The van der Waals surface area contributed by atoms with Crippen LogP contribution in [-0.2, 0) is 15.8 Å². The van der Waals surface area contributed by atoms with Gasteiger partial charge in [-0.3, -0.25) is 9.59 Å². The van der Waals surface area contributed by atoms with Gasteiger partial charge in [-0.1, -0.05) is 5.16 Å². The van der Waals surface area contributed by atoms with Crippen molar-refractivity contribution in [3.8, 4) is 0 Å². The summed E-state index contributed by atoms with van der Waals surface area (Å²) in [6.07, 6.45) is -2.09. The fourth-order valence-corrected chi connectivity index (χ4v) is 4.13. The maximum atomic E-state index is 13.6. The van der Waals surface area contributed by atoms with Gasteiger partial charge in [-0.15, -0.1) is 0 Å². The Bertz CT molecular complexity index is 956. The van der Waals surface area contributed by atoms with Gasteiger partial charge in [0, 0.05) is 32.0 Å². The Morgan fingerprint density at radius 2 is 2.10 bits per heavy atom. The van der Waals surface area contributed by atoms with E-state index in [1.165, 1.54) is 11.8 Å². The Kier molecular flexibility index (Phi) is 4.95. The average Bonchev–Trinajstić information content (AvgIpc) is 3.26. The number of rotatable bonds is 3. The number of pyridine rings is 1. The summed E-state index contributed by atoms with van der Waals surface area (Å²) in [6, 6.07) is 1.05. The molecular formula is C19H21F3N4O3. The van der Waals surface area contributed by atoms with Crippen molar-refractivity contribution in [2.24, 2.45) is 0 Å². The van der Waals surface area contributed by atoms with Gasteiger partial charge in [0.05, 0.1) is 28.9 Å². The van der Waals surface area contributed by atoms with Crippen LogP contribution in [0.1, 0.15) is 48.6 Å². The lowest BCUT2D eigenvalue weighted by atomic mass is 9.92. The number of nitrogens with zero attached hydrogens (tertiary/aromatic N) is 4. The molecule has 10 heteroatoms. The molecule has 2 aliphatic rings. The van der Waals surface area contributed by atoms with E-state index in [0.717, 1.165) is 12.5 Å². The maximum absolute atomic E-state index is 13.6. The highest BCUT2D eigenvalue weighted by molar-refractivity contribution is 5.86. The monoisotopic (exact) mass is 410 g/mol. The third kappa shape index (κ3) is 3.79. The zero-order valence-corrected chi connectivity index (χ0v) is 16.0. The number of hydrogen-bond acceptors (Lipinski definition) is 5. The molecule has 7 nitrogen and oxygen atoms in total. The molecule has 0 spiro atoms. The number of carbonyl (C=O) groups excluding carboxylic acids is 2. The van der Waals surface area contributed by atoms with E-state index in [0.29, 0.717) is 32.4 Å². The first-order chi connectivity index (χ1) is 13.7. The predicted octanol–water partition coefficient (Wildman–Crippen LogP) is 2.88. The van der Waals surface area contributed by atoms with Gasteiger partial charge in [0.15, 0.2) is 0 Å². The summed E-state index contributed by atoms with van der Waals surface area (Å²) in [6.45, 7) is 2.83. The highest BCUT2D eigenvalue weighted by atomic mass is 19.4. The summed E-state index contributed by atoms with van der Waals surface area (Å²) in [7, 11) is 0. The summed E-state index contributed by atoms with van der Waals surface area (Å²) in [5.74, 6) is -0.551. The van der Waals surface area contributed by atoms with Gasteiger partial charge in [0.25, 0.3) is 5.71 Å². The van der Waals surface area contributed by atoms with E-state index in [1.54, 1.807) is 4.90 Å². The molecule has 0 aliphatic carbocycles. The predicted molar refractivity (Wildman–Crippen MR) is 95.9 cm³/mol. The number of amides is 2. The largest absolute Gasteiger partial charge is 0.417 e. The van der Waals surface area contributed by atoms with Crippen LogP contribution in [0.25, 0.3) is 11.1 Å². The first-order valence-corrected chi connectivity index (χ1v) is 9.63. The van der Waals surface area contributed by atoms with Gasteiger partial charge in [-0.2, -0.15) is 13.2 Å². The Morgan fingerprint density at radius 3 is 2.79 bits per heavy atom. The molecule has 29 heavy (non-hydrogen) atoms. The van der Waals surface area contributed by atoms with Gasteiger partial charge in [0.1, 0.15) is 0 Å². The van der Waals surface area contributed by atoms with Gasteiger partial charge >= 0.3 is 6.18 Å². The molecule has 2 aliphatic heterocycles. The molecule has 156 valence electrons. The van der Waals surface area contributed by atoms with Crippen LogP contribution in [-0.4, -0.2) is 57.9 Å². The Labute approximate surface area is 164 Å². The number of fused-ring (bicyclic) bond motifs is 1. The molecule has 2 aromatic rings. The highest BCUT2D eigenvalue weighted by Gasteiger charge is 2.37. The van der Waals surface area contributed by atoms with Crippen LogP contribution in [0.4, 0.5) is 13.2 Å². The minimum absolute atomic E-state index is 0.0209. The third-order valence-corrected chi connectivity index (χ3v) is 5.63. The molecule has 4 rings (SSSR count). The zero-order chi connectivity index (χ0) is 20.8. The van der Waals surface area contributed by atoms with Crippen molar-refractivity contribution in [2.75, 3.05) is 26.2 Å². The van der Waals surface area contributed by atoms with Crippen LogP contribution in [0.3, 0.4) is 0 Å². The van der Waals surface area contributed by atoms with Crippen molar-refractivity contribution in [1.29, 1.82) is 0 Å². The Balaban J connectivity index is 1.57. The summed E-state index contributed by atoms with van der Waals surface area (Å²) < 4.78 is 45.8. The van der Waals surface area contributed by atoms with E-state index >= 15 is 0 Å². The summed E-state index contributed by atoms with van der Waals surface area (Å²) in [5.41, 5.74) is -0.571. The van der Waals surface area contributed by atoms with E-state index in [9.17, 15) is 22.8 Å². The summed E-state index contributed by atoms with van der Waals surface area (Å²) in [4.78, 5) is 31.8. The quantitative estimate of drug-likeness (QED) is 0.778. The summed E-state index contributed by atoms with van der Waals surface area (Å²) in [5, 5.41) is 3.50. The van der Waals surface area contributed by atoms with Crippen molar-refractivity contribution >= 4 is 22.9 Å². The standard InChI is InChI=1S/C19H21F3N4O3/c1-11-17-13(19(20,21)22)8-14(23-18(17)29-24-11)12-4-2-6-25(9-12)16(28)10-26-7-3-5-15(26)27/h8,12H,2-7,9-10H2,1H3/t12-/m1/s1. The van der Waals surface area contributed by atoms with Gasteiger partial charge in [0.2, 0.25) is 11.8 Å². The molecule has 0 aromatic carbocycles. The van der Waals surface area contributed by atoms with E-state index in [-0.39, 0.29) is 53.3 Å². The molecule has 2 saturated heterocycles. The molecule has 0 saturated carbocycles.